The van der Waals surface area contributed by atoms with Crippen molar-refractivity contribution in [3.63, 3.8) is 0 Å². The van der Waals surface area contributed by atoms with Crippen molar-refractivity contribution in [2.45, 2.75) is 45.4 Å². The molecular formula is C19H31N2O3+. The fourth-order valence-electron chi connectivity index (χ4n) is 2.91. The average molecular weight is 335 g/mol. The Morgan fingerprint density at radius 1 is 1.08 bits per heavy atom. The van der Waals surface area contributed by atoms with Gasteiger partial charge in [-0.1, -0.05) is 13.3 Å². The van der Waals surface area contributed by atoms with Gasteiger partial charge in [-0.3, -0.25) is 5.32 Å². The highest BCUT2D eigenvalue weighted by Crippen LogP contribution is 2.16. The lowest BCUT2D eigenvalue weighted by Crippen LogP contribution is -3.12. The van der Waals surface area contributed by atoms with E-state index in [4.69, 9.17) is 9.47 Å². The number of quaternary nitrogens is 1. The number of carbonyl (C=O) groups excluding carboxylic acids is 1. The number of unbranched alkanes of at least 4 members (excludes halogenated alkanes) is 1. The van der Waals surface area contributed by atoms with Crippen LogP contribution >= 0.6 is 0 Å². The monoisotopic (exact) mass is 335 g/mol. The molecule has 0 unspecified atom stereocenters. The first-order chi connectivity index (χ1) is 11.8. The van der Waals surface area contributed by atoms with Gasteiger partial charge in [0.15, 0.2) is 0 Å². The van der Waals surface area contributed by atoms with Crippen molar-refractivity contribution >= 4 is 11.8 Å². The number of ether oxygens (including phenoxy) is 2. The van der Waals surface area contributed by atoms with Gasteiger partial charge in [-0.25, -0.2) is 4.79 Å². The molecule has 2 rings (SSSR count). The van der Waals surface area contributed by atoms with Crippen LogP contribution in [0.25, 0.3) is 0 Å². The van der Waals surface area contributed by atoms with Crippen LogP contribution in [0, 0.1) is 0 Å². The van der Waals surface area contributed by atoms with Crippen LogP contribution in [0.5, 0.6) is 5.75 Å². The second kappa shape index (κ2) is 10.9. The Kier molecular flexibility index (Phi) is 8.46. The van der Waals surface area contributed by atoms with Gasteiger partial charge in [0.1, 0.15) is 5.75 Å². The van der Waals surface area contributed by atoms with Crippen LogP contribution in [-0.4, -0.2) is 38.9 Å². The Bertz CT molecular complexity index is 470. The van der Waals surface area contributed by atoms with Crippen LogP contribution in [0.2, 0.25) is 0 Å². The molecule has 1 aromatic carbocycles. The van der Waals surface area contributed by atoms with Gasteiger partial charge in [-0.05, 0) is 49.9 Å². The minimum atomic E-state index is -0.386. The van der Waals surface area contributed by atoms with E-state index in [9.17, 15) is 4.79 Å². The van der Waals surface area contributed by atoms with Crippen LogP contribution in [0.1, 0.15) is 45.4 Å². The summed E-state index contributed by atoms with van der Waals surface area (Å²) in [6.07, 6.45) is 6.72. The molecule has 0 saturated carbocycles. The number of hydrogen-bond donors (Lipinski definition) is 2. The van der Waals surface area contributed by atoms with Crippen molar-refractivity contribution in [2.75, 3.05) is 38.2 Å². The smallest absolute Gasteiger partial charge is 0.411 e. The maximum atomic E-state index is 11.8. The molecule has 1 aromatic rings. The summed E-state index contributed by atoms with van der Waals surface area (Å²) in [6.45, 7) is 6.96. The molecule has 5 nitrogen and oxygen atoms in total. The van der Waals surface area contributed by atoms with Gasteiger partial charge in [0.2, 0.25) is 0 Å². The van der Waals surface area contributed by atoms with Crippen molar-refractivity contribution in [1.29, 1.82) is 0 Å². The Labute approximate surface area is 145 Å². The third kappa shape index (κ3) is 7.21. The van der Waals surface area contributed by atoms with Gasteiger partial charge in [0, 0.05) is 12.1 Å². The lowest BCUT2D eigenvalue weighted by Gasteiger charge is -2.23. The zero-order valence-electron chi connectivity index (χ0n) is 14.8. The Balaban J connectivity index is 1.59. The molecule has 1 amide bonds. The van der Waals surface area contributed by atoms with E-state index < -0.39 is 0 Å². The maximum Gasteiger partial charge on any atom is 0.411 e. The highest BCUT2D eigenvalue weighted by Gasteiger charge is 2.13. The predicted molar refractivity (Wildman–Crippen MR) is 95.8 cm³/mol. The van der Waals surface area contributed by atoms with Crippen molar-refractivity contribution in [3.8, 4) is 5.75 Å². The molecular weight excluding hydrogens is 304 g/mol. The fourth-order valence-corrected chi connectivity index (χ4v) is 2.91. The van der Waals surface area contributed by atoms with Gasteiger partial charge in [0.05, 0.1) is 32.8 Å². The van der Waals surface area contributed by atoms with Crippen LogP contribution in [0.15, 0.2) is 24.3 Å². The maximum absolute atomic E-state index is 11.8. The molecule has 1 aliphatic rings. The molecule has 24 heavy (non-hydrogen) atoms. The Morgan fingerprint density at radius 3 is 2.54 bits per heavy atom. The van der Waals surface area contributed by atoms with Crippen LogP contribution in [-0.2, 0) is 4.74 Å². The lowest BCUT2D eigenvalue weighted by atomic mass is 10.1. The molecule has 0 spiro atoms. The minimum Gasteiger partial charge on any atom is -0.494 e. The van der Waals surface area contributed by atoms with Crippen molar-refractivity contribution in [2.24, 2.45) is 0 Å². The molecule has 134 valence electrons. The number of anilines is 1. The highest BCUT2D eigenvalue weighted by atomic mass is 16.5. The standard InChI is InChI=1S/C19H30N2O3/c1-2-3-15-23-18-10-8-17(9-11-18)20-19(22)24-16-7-14-21-12-5-4-6-13-21/h8-11H,2-7,12-16H2,1H3,(H,20,22)/p+1. The lowest BCUT2D eigenvalue weighted by molar-refractivity contribution is -0.905. The van der Waals surface area contributed by atoms with Crippen LogP contribution in [0.4, 0.5) is 10.5 Å². The molecule has 0 radical (unpaired) electrons. The summed E-state index contributed by atoms with van der Waals surface area (Å²) in [5.41, 5.74) is 0.726. The van der Waals surface area contributed by atoms with E-state index >= 15 is 0 Å². The normalized spacial score (nSPS) is 15.0. The number of benzene rings is 1. The first kappa shape index (κ1) is 18.6. The number of nitrogens with one attached hydrogen (secondary N) is 2. The van der Waals surface area contributed by atoms with Crippen LogP contribution in [0.3, 0.4) is 0 Å². The summed E-state index contributed by atoms with van der Waals surface area (Å²) in [5.74, 6) is 0.826. The summed E-state index contributed by atoms with van der Waals surface area (Å²) in [5, 5.41) is 2.75. The first-order valence-corrected chi connectivity index (χ1v) is 9.28. The molecule has 1 saturated heterocycles. The molecule has 0 atom stereocenters. The van der Waals surface area contributed by atoms with Gasteiger partial charge in [-0.15, -0.1) is 0 Å². The van der Waals surface area contributed by atoms with E-state index in [1.807, 2.05) is 24.3 Å². The zero-order valence-corrected chi connectivity index (χ0v) is 14.8. The predicted octanol–water partition coefficient (Wildman–Crippen LogP) is 2.87. The number of amides is 1. The molecule has 1 aliphatic heterocycles. The largest absolute Gasteiger partial charge is 0.494 e. The number of hydrogen-bond acceptors (Lipinski definition) is 3. The van der Waals surface area contributed by atoms with Crippen LogP contribution < -0.4 is 15.0 Å². The molecule has 5 heteroatoms. The van der Waals surface area contributed by atoms with E-state index in [-0.39, 0.29) is 6.09 Å². The summed E-state index contributed by atoms with van der Waals surface area (Å²) in [4.78, 5) is 13.4. The van der Waals surface area contributed by atoms with Gasteiger partial charge < -0.3 is 14.4 Å². The van der Waals surface area contributed by atoms with Crippen molar-refractivity contribution in [3.05, 3.63) is 24.3 Å². The van der Waals surface area contributed by atoms with Gasteiger partial charge >= 0.3 is 6.09 Å². The molecule has 1 heterocycles. The molecule has 0 bridgehead atoms. The number of carbonyl (C=O) groups is 1. The fraction of sp³-hybridized carbons (Fsp3) is 0.632. The molecule has 1 fully saturated rings. The quantitative estimate of drug-likeness (QED) is 0.682. The summed E-state index contributed by atoms with van der Waals surface area (Å²) in [6, 6.07) is 7.40. The van der Waals surface area contributed by atoms with E-state index in [1.165, 1.54) is 32.4 Å². The number of piperidine rings is 1. The first-order valence-electron chi connectivity index (χ1n) is 9.28. The van der Waals surface area contributed by atoms with E-state index in [1.54, 1.807) is 4.90 Å². The average Bonchev–Trinajstić information content (AvgIpc) is 2.61. The summed E-state index contributed by atoms with van der Waals surface area (Å²) >= 11 is 0. The summed E-state index contributed by atoms with van der Waals surface area (Å²) < 4.78 is 10.8. The van der Waals surface area contributed by atoms with Gasteiger partial charge in [0.25, 0.3) is 0 Å². The second-order valence-electron chi connectivity index (χ2n) is 6.40. The third-order valence-electron chi connectivity index (χ3n) is 4.34. The molecule has 0 aromatic heterocycles. The summed E-state index contributed by atoms with van der Waals surface area (Å²) in [7, 11) is 0. The van der Waals surface area contributed by atoms with E-state index in [0.29, 0.717) is 6.61 Å². The topological polar surface area (TPSA) is 52.0 Å². The zero-order chi connectivity index (χ0) is 17.0. The van der Waals surface area contributed by atoms with Crippen molar-refractivity contribution in [1.82, 2.24) is 0 Å². The minimum absolute atomic E-state index is 0.386. The molecule has 2 N–H and O–H groups in total. The third-order valence-corrected chi connectivity index (χ3v) is 4.34. The Morgan fingerprint density at radius 2 is 1.83 bits per heavy atom. The van der Waals surface area contributed by atoms with Crippen molar-refractivity contribution < 1.29 is 19.2 Å². The van der Waals surface area contributed by atoms with Gasteiger partial charge in [-0.2, -0.15) is 0 Å². The Hall–Kier alpha value is -1.75. The second-order valence-corrected chi connectivity index (χ2v) is 6.40. The molecule has 0 aliphatic carbocycles. The SMILES string of the molecule is CCCCOc1ccc(NC(=O)OCCC[NH+]2CCCCC2)cc1. The number of rotatable bonds is 9. The van der Waals surface area contributed by atoms with E-state index in [2.05, 4.69) is 12.2 Å². The highest BCUT2D eigenvalue weighted by molar-refractivity contribution is 5.84. The number of likely N-dealkylation sites (tertiary alicyclic amines) is 1. The van der Waals surface area contributed by atoms with E-state index in [0.717, 1.165) is 43.9 Å².